The molecule has 0 spiro atoms. The fourth-order valence-electron chi connectivity index (χ4n) is 1.05. The Morgan fingerprint density at radius 1 is 1.50 bits per heavy atom. The molecule has 6 nitrogen and oxygen atoms in total. The van der Waals surface area contributed by atoms with E-state index < -0.39 is 32.7 Å². The number of anilines is 1. The molecule has 0 radical (unpaired) electrons. The number of sulfonamides is 1. The molecule has 0 atom stereocenters. The van der Waals surface area contributed by atoms with Crippen molar-refractivity contribution >= 4 is 15.7 Å². The highest BCUT2D eigenvalue weighted by atomic mass is 32.2. The molecule has 0 aliphatic heterocycles. The second-order valence-electron chi connectivity index (χ2n) is 2.76. The number of nitrogens with zero attached hydrogens (tertiary/aromatic N) is 2. The number of hydrogen-bond acceptors (Lipinski definition) is 5. The fourth-order valence-corrected chi connectivity index (χ4v) is 1.75. The van der Waals surface area contributed by atoms with E-state index in [4.69, 9.17) is 16.1 Å². The topological polar surface area (TPSA) is 123 Å². The van der Waals surface area contributed by atoms with E-state index in [1.165, 1.54) is 6.07 Å². The molecule has 0 bridgehead atoms. The number of primary sulfonamides is 1. The van der Waals surface area contributed by atoms with Gasteiger partial charge in [-0.05, 0) is 0 Å². The summed E-state index contributed by atoms with van der Waals surface area (Å²) < 4.78 is 47.1. The van der Waals surface area contributed by atoms with Crippen LogP contribution in [-0.2, 0) is 10.0 Å². The van der Waals surface area contributed by atoms with Crippen molar-refractivity contribution in [3.63, 3.8) is 0 Å². The van der Waals surface area contributed by atoms with E-state index in [0.29, 0.717) is 0 Å². The number of nitrogen functional groups attached to an aromatic ring is 1. The van der Waals surface area contributed by atoms with Gasteiger partial charge in [-0.1, -0.05) is 0 Å². The molecule has 0 aliphatic rings. The normalized spacial score (nSPS) is 11.4. The van der Waals surface area contributed by atoms with Crippen LogP contribution in [0.15, 0.2) is 11.2 Å². The lowest BCUT2D eigenvalue weighted by Crippen LogP contribution is -2.18. The van der Waals surface area contributed by atoms with Crippen LogP contribution in [0.25, 0.3) is 0 Å². The Balaban J connectivity index is 3.69. The van der Waals surface area contributed by atoms with E-state index in [1.54, 1.807) is 0 Å². The predicted octanol–water partition coefficient (Wildman–Crippen LogP) is 0.120. The third-order valence-corrected chi connectivity index (χ3v) is 2.59. The summed E-state index contributed by atoms with van der Waals surface area (Å²) in [5, 5.41) is 12.2. The summed E-state index contributed by atoms with van der Waals surface area (Å²) in [6.45, 7) is 0. The van der Waals surface area contributed by atoms with Crippen LogP contribution in [0.5, 0.6) is 0 Å². The number of pyridine rings is 1. The molecule has 4 N–H and O–H groups in total. The lowest BCUT2D eigenvalue weighted by Gasteiger charge is -2.09. The third kappa shape index (κ3) is 2.07. The maximum absolute atomic E-state index is 12.6. The smallest absolute Gasteiger partial charge is 0.268 e. The Hall–Kier alpha value is -1.79. The van der Waals surface area contributed by atoms with Gasteiger partial charge in [0.05, 0.1) is 16.8 Å². The van der Waals surface area contributed by atoms with Gasteiger partial charge < -0.3 is 5.73 Å². The molecule has 0 aliphatic carbocycles. The summed E-state index contributed by atoms with van der Waals surface area (Å²) in [7, 11) is -4.41. The number of halogens is 2. The molecule has 16 heavy (non-hydrogen) atoms. The number of nitriles is 1. The highest BCUT2D eigenvalue weighted by Crippen LogP contribution is 2.31. The average Bonchev–Trinajstić information content (AvgIpc) is 2.15. The fraction of sp³-hybridized carbons (Fsp3) is 0.143. The molecule has 0 saturated heterocycles. The van der Waals surface area contributed by atoms with E-state index in [9.17, 15) is 17.2 Å². The molecular formula is C7H6F2N4O2S. The van der Waals surface area contributed by atoms with Gasteiger partial charge in [-0.25, -0.2) is 27.3 Å². The van der Waals surface area contributed by atoms with Crippen molar-refractivity contribution in [3.8, 4) is 6.07 Å². The van der Waals surface area contributed by atoms with E-state index in [1.807, 2.05) is 0 Å². The first-order chi connectivity index (χ1) is 7.29. The summed E-state index contributed by atoms with van der Waals surface area (Å²) in [5.74, 6) is 0. The van der Waals surface area contributed by atoms with Gasteiger partial charge in [0.15, 0.2) is 5.03 Å². The van der Waals surface area contributed by atoms with E-state index >= 15 is 0 Å². The summed E-state index contributed by atoms with van der Waals surface area (Å²) in [6.07, 6.45) is -2.41. The first-order valence-corrected chi connectivity index (χ1v) is 5.33. The van der Waals surface area contributed by atoms with Crippen molar-refractivity contribution < 1.29 is 17.2 Å². The van der Waals surface area contributed by atoms with Crippen LogP contribution >= 0.6 is 0 Å². The van der Waals surface area contributed by atoms with Crippen LogP contribution in [0.4, 0.5) is 14.5 Å². The zero-order valence-electron chi connectivity index (χ0n) is 7.68. The first-order valence-electron chi connectivity index (χ1n) is 3.78. The third-order valence-electron chi connectivity index (χ3n) is 1.73. The maximum Gasteiger partial charge on any atom is 0.268 e. The predicted molar refractivity (Wildman–Crippen MR) is 49.7 cm³/mol. The van der Waals surface area contributed by atoms with E-state index in [-0.39, 0.29) is 5.56 Å². The van der Waals surface area contributed by atoms with Gasteiger partial charge in [-0.3, -0.25) is 0 Å². The summed E-state index contributed by atoms with van der Waals surface area (Å²) >= 11 is 0. The van der Waals surface area contributed by atoms with E-state index in [0.717, 1.165) is 6.20 Å². The van der Waals surface area contributed by atoms with Crippen molar-refractivity contribution in [1.82, 2.24) is 4.98 Å². The minimum atomic E-state index is -4.41. The van der Waals surface area contributed by atoms with Crippen molar-refractivity contribution in [3.05, 3.63) is 17.3 Å². The Labute approximate surface area is 89.5 Å². The van der Waals surface area contributed by atoms with Gasteiger partial charge in [0, 0.05) is 6.20 Å². The highest BCUT2D eigenvalue weighted by Gasteiger charge is 2.26. The molecule has 0 aromatic carbocycles. The van der Waals surface area contributed by atoms with Crippen molar-refractivity contribution in [2.24, 2.45) is 5.14 Å². The molecule has 1 rings (SSSR count). The Bertz CT molecular complexity index is 564. The molecule has 86 valence electrons. The molecule has 0 amide bonds. The highest BCUT2D eigenvalue weighted by molar-refractivity contribution is 7.89. The van der Waals surface area contributed by atoms with Crippen LogP contribution < -0.4 is 10.9 Å². The Kier molecular flexibility index (Phi) is 3.06. The van der Waals surface area contributed by atoms with Gasteiger partial charge in [0.25, 0.3) is 16.4 Å². The summed E-state index contributed by atoms with van der Waals surface area (Å²) in [5.41, 5.74) is 3.23. The minimum Gasteiger partial charge on any atom is -0.397 e. The van der Waals surface area contributed by atoms with Gasteiger partial charge in [-0.15, -0.1) is 0 Å². The van der Waals surface area contributed by atoms with Crippen molar-refractivity contribution in [2.75, 3.05) is 5.73 Å². The van der Waals surface area contributed by atoms with Gasteiger partial charge >= 0.3 is 0 Å². The van der Waals surface area contributed by atoms with Crippen LogP contribution in [0.2, 0.25) is 0 Å². The lowest BCUT2D eigenvalue weighted by molar-refractivity contribution is 0.148. The van der Waals surface area contributed by atoms with Crippen LogP contribution in [0.3, 0.4) is 0 Å². The first kappa shape index (κ1) is 12.3. The maximum atomic E-state index is 12.6. The number of aromatic nitrogens is 1. The number of alkyl halides is 2. The van der Waals surface area contributed by atoms with E-state index in [2.05, 4.69) is 4.98 Å². The molecule has 0 saturated carbocycles. The molecule has 1 heterocycles. The average molecular weight is 248 g/mol. The Morgan fingerprint density at radius 2 is 2.06 bits per heavy atom. The van der Waals surface area contributed by atoms with Crippen LogP contribution in [0.1, 0.15) is 17.6 Å². The zero-order chi connectivity index (χ0) is 12.5. The SMILES string of the molecule is N#Cc1cnc(S(N)(=O)=O)c(C(F)F)c1N. The van der Waals surface area contributed by atoms with Crippen molar-refractivity contribution in [1.29, 1.82) is 5.26 Å². The largest absolute Gasteiger partial charge is 0.397 e. The molecular weight excluding hydrogens is 242 g/mol. The molecule has 0 fully saturated rings. The summed E-state index contributed by atoms with van der Waals surface area (Å²) in [4.78, 5) is 3.21. The lowest BCUT2D eigenvalue weighted by atomic mass is 10.1. The number of rotatable bonds is 2. The molecule has 1 aromatic heterocycles. The monoisotopic (exact) mass is 248 g/mol. The second-order valence-corrected chi connectivity index (χ2v) is 4.24. The van der Waals surface area contributed by atoms with Gasteiger partial charge in [0.1, 0.15) is 6.07 Å². The second kappa shape index (κ2) is 3.99. The number of nitrogens with two attached hydrogens (primary N) is 2. The van der Waals surface area contributed by atoms with Crippen LogP contribution in [-0.4, -0.2) is 13.4 Å². The van der Waals surface area contributed by atoms with Gasteiger partial charge in [0.2, 0.25) is 0 Å². The zero-order valence-corrected chi connectivity index (χ0v) is 8.50. The van der Waals surface area contributed by atoms with Crippen molar-refractivity contribution in [2.45, 2.75) is 11.5 Å². The van der Waals surface area contributed by atoms with Gasteiger partial charge in [-0.2, -0.15) is 5.26 Å². The Morgan fingerprint density at radius 3 is 2.44 bits per heavy atom. The number of hydrogen-bond donors (Lipinski definition) is 2. The molecule has 9 heteroatoms. The van der Waals surface area contributed by atoms with Crippen LogP contribution in [0, 0.1) is 11.3 Å². The molecule has 1 aromatic rings. The minimum absolute atomic E-state index is 0.331. The molecule has 0 unspecified atom stereocenters. The standard InChI is InChI=1S/C7H6F2N4O2S/c8-6(9)4-5(11)3(1-10)2-13-7(4)16(12,14)15/h2,6H,(H2,11,13)(H2,12,14,15). The summed E-state index contributed by atoms with van der Waals surface area (Å²) in [6, 6.07) is 1.51. The quantitative estimate of drug-likeness (QED) is 0.769.